The van der Waals surface area contributed by atoms with E-state index in [1.165, 1.54) is 35.1 Å². The molecule has 48 heavy (non-hydrogen) atoms. The molecule has 1 aromatic heterocycles. The highest BCUT2D eigenvalue weighted by Crippen LogP contribution is 2.38. The van der Waals surface area contributed by atoms with Gasteiger partial charge in [0.05, 0.1) is 47.7 Å². The molecule has 1 aliphatic heterocycles. The normalized spacial score (nSPS) is 14.3. The molecule has 1 atom stereocenters. The maximum atomic E-state index is 14.3. The molecule has 0 bridgehead atoms. The number of nitrogens with zero attached hydrogens (tertiary/aromatic N) is 2. The van der Waals surface area contributed by atoms with Crippen LogP contribution in [0.15, 0.2) is 106 Å². The summed E-state index contributed by atoms with van der Waals surface area (Å²) < 4.78 is 37.6. The molecule has 0 amide bonds. The number of esters is 1. The topological polar surface area (TPSA) is 88.4 Å². The molecule has 5 aromatic rings. The molecule has 0 saturated heterocycles. The standard InChI is InChI=1S/C37H30ClFN2O6S/c1-4-46-36(43)31-32(24-8-6-5-7-9-24)40-37-41(33(31)25-12-16-27(44-2)17-13-25)35(42)30(48-37)20-23-18-28(38)34(29(19-23)45-3)47-21-22-10-14-26(39)15-11-22/h5-20,33H,4,21H2,1-3H3/b30-20-/t33-/m0/s1. The molecule has 2 heterocycles. The summed E-state index contributed by atoms with van der Waals surface area (Å²) in [5, 5.41) is 0.266. The molecular weight excluding hydrogens is 655 g/mol. The SMILES string of the molecule is CCOC(=O)C1=C(c2ccccc2)N=c2s/c(=C\c3cc(Cl)c(OCc4ccc(F)cc4)c(OC)c3)c(=O)n2[C@H]1c1ccc(OC)cc1. The van der Waals surface area contributed by atoms with Crippen molar-refractivity contribution in [2.24, 2.45) is 4.99 Å². The Kier molecular flexibility index (Phi) is 9.75. The van der Waals surface area contributed by atoms with Gasteiger partial charge in [0.2, 0.25) is 0 Å². The molecule has 0 unspecified atom stereocenters. The van der Waals surface area contributed by atoms with Gasteiger partial charge in [0.15, 0.2) is 16.3 Å². The van der Waals surface area contributed by atoms with Crippen LogP contribution in [0.1, 0.15) is 35.2 Å². The first-order valence-electron chi connectivity index (χ1n) is 15.0. The molecule has 6 rings (SSSR count). The summed E-state index contributed by atoms with van der Waals surface area (Å²) in [4.78, 5) is 33.2. The van der Waals surface area contributed by atoms with Crippen molar-refractivity contribution >= 4 is 40.7 Å². The van der Waals surface area contributed by atoms with Crippen molar-refractivity contribution in [2.75, 3.05) is 20.8 Å². The number of ether oxygens (including phenoxy) is 4. The van der Waals surface area contributed by atoms with Crippen LogP contribution in [0.5, 0.6) is 17.2 Å². The van der Waals surface area contributed by atoms with Crippen LogP contribution in [0.3, 0.4) is 0 Å². The lowest BCUT2D eigenvalue weighted by Crippen LogP contribution is -2.40. The van der Waals surface area contributed by atoms with E-state index < -0.39 is 12.0 Å². The number of hydrogen-bond acceptors (Lipinski definition) is 8. The lowest BCUT2D eigenvalue weighted by Gasteiger charge is -2.26. The summed E-state index contributed by atoms with van der Waals surface area (Å²) in [5.74, 6) is 0.395. The quantitative estimate of drug-likeness (QED) is 0.160. The average molecular weight is 685 g/mol. The lowest BCUT2D eigenvalue weighted by molar-refractivity contribution is -0.138. The number of fused-ring (bicyclic) bond motifs is 1. The smallest absolute Gasteiger partial charge is 0.338 e. The molecule has 0 fully saturated rings. The number of aromatic nitrogens is 1. The van der Waals surface area contributed by atoms with E-state index in [0.29, 0.717) is 49.0 Å². The van der Waals surface area contributed by atoms with Crippen molar-refractivity contribution in [1.82, 2.24) is 4.57 Å². The van der Waals surface area contributed by atoms with Crippen molar-refractivity contribution in [3.63, 3.8) is 0 Å². The third-order valence-corrected chi connectivity index (χ3v) is 8.91. The fourth-order valence-electron chi connectivity index (χ4n) is 5.39. The highest BCUT2D eigenvalue weighted by atomic mass is 35.5. The molecule has 0 N–H and O–H groups in total. The van der Waals surface area contributed by atoms with Crippen LogP contribution >= 0.6 is 22.9 Å². The minimum Gasteiger partial charge on any atom is -0.497 e. The van der Waals surface area contributed by atoms with Gasteiger partial charge in [-0.25, -0.2) is 14.2 Å². The molecule has 4 aromatic carbocycles. The van der Waals surface area contributed by atoms with Crippen LogP contribution in [0.25, 0.3) is 11.8 Å². The number of carbonyl (C=O) groups is 1. The Morgan fingerprint density at radius 1 is 1.00 bits per heavy atom. The fourth-order valence-corrected chi connectivity index (χ4v) is 6.67. The van der Waals surface area contributed by atoms with Gasteiger partial charge < -0.3 is 18.9 Å². The predicted molar refractivity (Wildman–Crippen MR) is 183 cm³/mol. The molecule has 0 saturated carbocycles. The zero-order valence-electron chi connectivity index (χ0n) is 26.2. The number of carbonyl (C=O) groups excluding carboxylic acids is 1. The maximum absolute atomic E-state index is 14.3. The highest BCUT2D eigenvalue weighted by molar-refractivity contribution is 7.07. The van der Waals surface area contributed by atoms with Crippen LogP contribution in [0, 0.1) is 5.82 Å². The number of rotatable bonds is 10. The van der Waals surface area contributed by atoms with E-state index in [-0.39, 0.29) is 35.2 Å². The summed E-state index contributed by atoms with van der Waals surface area (Å²) in [6.45, 7) is 2.03. The van der Waals surface area contributed by atoms with Crippen LogP contribution in [0.2, 0.25) is 5.02 Å². The van der Waals surface area contributed by atoms with Gasteiger partial charge in [-0.05, 0) is 66.1 Å². The molecule has 0 spiro atoms. The van der Waals surface area contributed by atoms with Gasteiger partial charge in [-0.1, -0.05) is 77.5 Å². The van der Waals surface area contributed by atoms with Gasteiger partial charge in [-0.2, -0.15) is 0 Å². The van der Waals surface area contributed by atoms with Crippen LogP contribution in [-0.2, 0) is 16.1 Å². The molecular formula is C37H30ClFN2O6S. The van der Waals surface area contributed by atoms with Crippen molar-refractivity contribution in [3.8, 4) is 17.2 Å². The summed E-state index contributed by atoms with van der Waals surface area (Å²) >= 11 is 7.85. The third kappa shape index (κ3) is 6.62. The van der Waals surface area contributed by atoms with Gasteiger partial charge >= 0.3 is 5.97 Å². The number of benzene rings is 4. The maximum Gasteiger partial charge on any atom is 0.338 e. The van der Waals surface area contributed by atoms with Gasteiger partial charge in [0.25, 0.3) is 5.56 Å². The zero-order valence-corrected chi connectivity index (χ0v) is 27.8. The Morgan fingerprint density at radius 3 is 2.40 bits per heavy atom. The Morgan fingerprint density at radius 2 is 1.73 bits per heavy atom. The fraction of sp³-hybridized carbons (Fsp3) is 0.162. The van der Waals surface area contributed by atoms with Crippen molar-refractivity contribution in [3.05, 3.63) is 149 Å². The first-order chi connectivity index (χ1) is 23.3. The number of hydrogen-bond donors (Lipinski definition) is 0. The van der Waals surface area contributed by atoms with Crippen molar-refractivity contribution < 1.29 is 28.1 Å². The van der Waals surface area contributed by atoms with Crippen LogP contribution in [-0.4, -0.2) is 31.4 Å². The lowest BCUT2D eigenvalue weighted by atomic mass is 9.93. The summed E-state index contributed by atoms with van der Waals surface area (Å²) in [7, 11) is 3.06. The zero-order chi connectivity index (χ0) is 33.8. The molecule has 0 aliphatic carbocycles. The number of thiazole rings is 1. The average Bonchev–Trinajstić information content (AvgIpc) is 3.41. The second-order valence-electron chi connectivity index (χ2n) is 10.7. The number of halogens is 2. The Hall–Kier alpha value is -5.19. The Bertz CT molecular complexity index is 2180. The van der Waals surface area contributed by atoms with E-state index in [1.54, 1.807) is 56.5 Å². The predicted octanol–water partition coefficient (Wildman–Crippen LogP) is 6.32. The number of methoxy groups -OCH3 is 2. The van der Waals surface area contributed by atoms with E-state index in [2.05, 4.69) is 0 Å². The van der Waals surface area contributed by atoms with Gasteiger partial charge in [0.1, 0.15) is 18.2 Å². The van der Waals surface area contributed by atoms with Gasteiger partial charge in [-0.3, -0.25) is 9.36 Å². The van der Waals surface area contributed by atoms with Crippen LogP contribution in [0.4, 0.5) is 4.39 Å². The Labute approximate surface area is 284 Å². The van der Waals surface area contributed by atoms with Gasteiger partial charge in [-0.15, -0.1) is 0 Å². The molecule has 11 heteroatoms. The van der Waals surface area contributed by atoms with Crippen molar-refractivity contribution in [1.29, 1.82) is 0 Å². The molecule has 8 nitrogen and oxygen atoms in total. The minimum absolute atomic E-state index is 0.145. The van der Waals surface area contributed by atoms with Crippen LogP contribution < -0.4 is 29.1 Å². The largest absolute Gasteiger partial charge is 0.497 e. The highest BCUT2D eigenvalue weighted by Gasteiger charge is 2.35. The second kappa shape index (κ2) is 14.3. The summed E-state index contributed by atoms with van der Waals surface area (Å²) in [6, 6.07) is 25.1. The van der Waals surface area contributed by atoms with E-state index in [9.17, 15) is 14.0 Å². The Balaban J connectivity index is 1.49. The van der Waals surface area contributed by atoms with Gasteiger partial charge in [0, 0.05) is 5.56 Å². The van der Waals surface area contributed by atoms with E-state index in [4.69, 9.17) is 35.5 Å². The van der Waals surface area contributed by atoms with Crippen molar-refractivity contribution in [2.45, 2.75) is 19.6 Å². The minimum atomic E-state index is -0.830. The summed E-state index contributed by atoms with van der Waals surface area (Å²) in [5.41, 5.74) is 3.06. The van der Waals surface area contributed by atoms with E-state index in [0.717, 1.165) is 5.56 Å². The molecule has 244 valence electrons. The first kappa shape index (κ1) is 32.7. The molecule has 0 radical (unpaired) electrons. The van der Waals surface area contributed by atoms with E-state index >= 15 is 0 Å². The summed E-state index contributed by atoms with van der Waals surface area (Å²) in [6.07, 6.45) is 1.70. The second-order valence-corrected chi connectivity index (χ2v) is 12.1. The monoisotopic (exact) mass is 684 g/mol. The van der Waals surface area contributed by atoms with E-state index in [1.807, 2.05) is 42.5 Å². The third-order valence-electron chi connectivity index (χ3n) is 7.65. The molecule has 1 aliphatic rings. The first-order valence-corrected chi connectivity index (χ1v) is 16.2.